The minimum absolute atomic E-state index is 0.0936. The first-order valence-electron chi connectivity index (χ1n) is 6.62. The summed E-state index contributed by atoms with van der Waals surface area (Å²) in [5, 5.41) is 0. The standard InChI is InChI=1S/C15H19FO2/c1-17-12-6-7-15(10-18-9-11(15)8-12)13-4-2-3-5-14(13)16/h2-5,11-12H,6-10H2,1H3/t11-,12?,15-/m0/s1. The predicted octanol–water partition coefficient (Wildman–Crippen LogP) is 2.91. The third-order valence-electron chi connectivity index (χ3n) is 4.66. The number of fused-ring (bicyclic) bond motifs is 1. The SMILES string of the molecule is COC1CC[C@]2(c3ccccc3F)COC[C@@H]2C1. The van der Waals surface area contributed by atoms with E-state index in [9.17, 15) is 4.39 Å². The lowest BCUT2D eigenvalue weighted by Crippen LogP contribution is -2.42. The van der Waals surface area contributed by atoms with Gasteiger partial charge in [0.2, 0.25) is 0 Å². The van der Waals surface area contributed by atoms with Crippen LogP contribution in [-0.2, 0) is 14.9 Å². The minimum atomic E-state index is -0.125. The molecule has 1 saturated carbocycles. The summed E-state index contributed by atoms with van der Waals surface area (Å²) in [5.74, 6) is 0.289. The topological polar surface area (TPSA) is 18.5 Å². The lowest BCUT2D eigenvalue weighted by Gasteiger charge is -2.41. The Hall–Kier alpha value is -0.930. The van der Waals surface area contributed by atoms with Crippen molar-refractivity contribution in [2.24, 2.45) is 5.92 Å². The zero-order valence-electron chi connectivity index (χ0n) is 10.7. The molecule has 0 spiro atoms. The molecule has 0 bridgehead atoms. The number of rotatable bonds is 2. The van der Waals surface area contributed by atoms with Crippen LogP contribution in [0.3, 0.4) is 0 Å². The third kappa shape index (κ3) is 1.77. The normalized spacial score (nSPS) is 35.4. The summed E-state index contributed by atoms with van der Waals surface area (Å²) in [6.07, 6.45) is 3.23. The van der Waals surface area contributed by atoms with E-state index < -0.39 is 0 Å². The van der Waals surface area contributed by atoms with E-state index >= 15 is 0 Å². The summed E-state index contributed by atoms with van der Waals surface area (Å²) in [6.45, 7) is 1.38. The molecule has 2 fully saturated rings. The lowest BCUT2D eigenvalue weighted by atomic mass is 9.63. The van der Waals surface area contributed by atoms with Crippen LogP contribution in [0.1, 0.15) is 24.8 Å². The van der Waals surface area contributed by atoms with Gasteiger partial charge in [-0.15, -0.1) is 0 Å². The van der Waals surface area contributed by atoms with E-state index in [0.717, 1.165) is 31.4 Å². The first kappa shape index (κ1) is 12.1. The molecule has 3 heteroatoms. The molecule has 1 aromatic carbocycles. The first-order chi connectivity index (χ1) is 8.76. The molecule has 0 radical (unpaired) electrons. The molecular formula is C15H19FO2. The smallest absolute Gasteiger partial charge is 0.127 e. The maximum absolute atomic E-state index is 14.1. The van der Waals surface area contributed by atoms with E-state index in [2.05, 4.69) is 0 Å². The quantitative estimate of drug-likeness (QED) is 0.803. The van der Waals surface area contributed by atoms with Crippen molar-refractivity contribution >= 4 is 0 Å². The van der Waals surface area contributed by atoms with Crippen molar-refractivity contribution in [2.45, 2.75) is 30.8 Å². The van der Waals surface area contributed by atoms with Crippen molar-refractivity contribution in [1.82, 2.24) is 0 Å². The molecule has 18 heavy (non-hydrogen) atoms. The highest BCUT2D eigenvalue weighted by Crippen LogP contribution is 2.48. The Morgan fingerprint density at radius 1 is 1.39 bits per heavy atom. The minimum Gasteiger partial charge on any atom is -0.381 e. The summed E-state index contributed by atoms with van der Waals surface area (Å²) < 4.78 is 25.2. The monoisotopic (exact) mass is 250 g/mol. The van der Waals surface area contributed by atoms with Gasteiger partial charge in [0.15, 0.2) is 0 Å². The summed E-state index contributed by atoms with van der Waals surface area (Å²) in [4.78, 5) is 0. The van der Waals surface area contributed by atoms with Crippen LogP contribution in [0.25, 0.3) is 0 Å². The van der Waals surface area contributed by atoms with Gasteiger partial charge in [-0.25, -0.2) is 4.39 Å². The number of methoxy groups -OCH3 is 1. The molecule has 2 nitrogen and oxygen atoms in total. The summed E-state index contributed by atoms with van der Waals surface area (Å²) >= 11 is 0. The van der Waals surface area contributed by atoms with Crippen molar-refractivity contribution in [3.8, 4) is 0 Å². The van der Waals surface area contributed by atoms with Gasteiger partial charge >= 0.3 is 0 Å². The highest BCUT2D eigenvalue weighted by atomic mass is 19.1. The van der Waals surface area contributed by atoms with E-state index in [1.54, 1.807) is 19.2 Å². The summed E-state index contributed by atoms with van der Waals surface area (Å²) in [6, 6.07) is 7.15. The summed E-state index contributed by atoms with van der Waals surface area (Å²) in [5.41, 5.74) is 0.711. The van der Waals surface area contributed by atoms with Gasteiger partial charge in [-0.3, -0.25) is 0 Å². The Kier molecular flexibility index (Phi) is 3.12. The largest absolute Gasteiger partial charge is 0.381 e. The molecule has 1 aliphatic carbocycles. The van der Waals surface area contributed by atoms with Crippen molar-refractivity contribution in [3.63, 3.8) is 0 Å². The van der Waals surface area contributed by atoms with Crippen LogP contribution >= 0.6 is 0 Å². The van der Waals surface area contributed by atoms with Gasteiger partial charge < -0.3 is 9.47 Å². The number of ether oxygens (including phenoxy) is 2. The second kappa shape index (κ2) is 4.63. The Labute approximate surface area is 107 Å². The fourth-order valence-electron chi connectivity index (χ4n) is 3.60. The van der Waals surface area contributed by atoms with Gasteiger partial charge in [-0.05, 0) is 36.8 Å². The zero-order valence-corrected chi connectivity index (χ0v) is 10.7. The fourth-order valence-corrected chi connectivity index (χ4v) is 3.60. The van der Waals surface area contributed by atoms with Crippen LogP contribution < -0.4 is 0 Å². The van der Waals surface area contributed by atoms with Crippen molar-refractivity contribution < 1.29 is 13.9 Å². The van der Waals surface area contributed by atoms with Crippen LogP contribution in [0, 0.1) is 11.7 Å². The van der Waals surface area contributed by atoms with Gasteiger partial charge in [0.1, 0.15) is 5.82 Å². The molecular weight excluding hydrogens is 231 g/mol. The van der Waals surface area contributed by atoms with Gasteiger partial charge in [-0.2, -0.15) is 0 Å². The Bertz CT molecular complexity index is 434. The molecule has 1 heterocycles. The highest BCUT2D eigenvalue weighted by molar-refractivity contribution is 5.30. The first-order valence-corrected chi connectivity index (χ1v) is 6.62. The van der Waals surface area contributed by atoms with Crippen LogP contribution in [0.2, 0.25) is 0 Å². The number of benzene rings is 1. The van der Waals surface area contributed by atoms with Crippen molar-refractivity contribution in [3.05, 3.63) is 35.6 Å². The van der Waals surface area contributed by atoms with Crippen LogP contribution in [0.15, 0.2) is 24.3 Å². The van der Waals surface area contributed by atoms with Gasteiger partial charge in [-0.1, -0.05) is 18.2 Å². The molecule has 0 N–H and O–H groups in total. The molecule has 0 aromatic heterocycles. The average Bonchev–Trinajstić information content (AvgIpc) is 2.82. The average molecular weight is 250 g/mol. The number of hydrogen-bond donors (Lipinski definition) is 0. The molecule has 3 rings (SSSR count). The Morgan fingerprint density at radius 3 is 3.00 bits per heavy atom. The number of halogens is 1. The van der Waals surface area contributed by atoms with E-state index in [1.165, 1.54) is 0 Å². The van der Waals surface area contributed by atoms with Crippen LogP contribution in [-0.4, -0.2) is 26.4 Å². The Morgan fingerprint density at radius 2 is 2.22 bits per heavy atom. The van der Waals surface area contributed by atoms with Crippen LogP contribution in [0.5, 0.6) is 0 Å². The molecule has 98 valence electrons. The molecule has 1 aromatic rings. The predicted molar refractivity (Wildman–Crippen MR) is 67.0 cm³/mol. The molecule has 0 amide bonds. The lowest BCUT2D eigenvalue weighted by molar-refractivity contribution is 0.0299. The molecule has 1 aliphatic heterocycles. The van der Waals surface area contributed by atoms with Crippen LogP contribution in [0.4, 0.5) is 4.39 Å². The maximum atomic E-state index is 14.1. The van der Waals surface area contributed by atoms with Gasteiger partial charge in [0.25, 0.3) is 0 Å². The van der Waals surface area contributed by atoms with E-state index in [1.807, 2.05) is 12.1 Å². The molecule has 2 aliphatic rings. The van der Waals surface area contributed by atoms with E-state index in [0.29, 0.717) is 18.6 Å². The Balaban J connectivity index is 1.96. The number of hydrogen-bond acceptors (Lipinski definition) is 2. The van der Waals surface area contributed by atoms with Crippen molar-refractivity contribution in [1.29, 1.82) is 0 Å². The second-order valence-electron chi connectivity index (χ2n) is 5.48. The summed E-state index contributed by atoms with van der Waals surface area (Å²) in [7, 11) is 1.76. The zero-order chi connectivity index (χ0) is 12.6. The van der Waals surface area contributed by atoms with E-state index in [-0.39, 0.29) is 11.2 Å². The molecule has 1 unspecified atom stereocenters. The molecule has 3 atom stereocenters. The fraction of sp³-hybridized carbons (Fsp3) is 0.600. The second-order valence-corrected chi connectivity index (χ2v) is 5.48. The van der Waals surface area contributed by atoms with Gasteiger partial charge in [0, 0.05) is 12.5 Å². The van der Waals surface area contributed by atoms with Crippen molar-refractivity contribution in [2.75, 3.05) is 20.3 Å². The van der Waals surface area contributed by atoms with E-state index in [4.69, 9.17) is 9.47 Å². The molecule has 1 saturated heterocycles. The van der Waals surface area contributed by atoms with Gasteiger partial charge in [0.05, 0.1) is 19.3 Å². The third-order valence-corrected chi connectivity index (χ3v) is 4.66. The maximum Gasteiger partial charge on any atom is 0.127 e. The highest BCUT2D eigenvalue weighted by Gasteiger charge is 2.49.